The molecule has 1 aliphatic rings. The molecule has 0 aromatic carbocycles. The smallest absolute Gasteiger partial charge is 0.296 e. The minimum atomic E-state index is -0.699. The molecule has 0 saturated carbocycles. The molecule has 0 radical (unpaired) electrons. The molecule has 1 atom stereocenters. The highest BCUT2D eigenvalue weighted by atomic mass is 16.5. The molecule has 7 nitrogen and oxygen atoms in total. The number of allylic oxidation sites excluding steroid dienone is 8. The monoisotopic (exact) mass is 582 g/mol. The van der Waals surface area contributed by atoms with Gasteiger partial charge in [-0.25, -0.2) is 0 Å². The molecule has 1 rings (SSSR count). The fourth-order valence-electron chi connectivity index (χ4n) is 4.44. The van der Waals surface area contributed by atoms with Gasteiger partial charge >= 0.3 is 0 Å². The van der Waals surface area contributed by atoms with Crippen LogP contribution in [0.1, 0.15) is 61.3 Å². The third kappa shape index (κ3) is 13.3. The highest BCUT2D eigenvalue weighted by Crippen LogP contribution is 2.27. The topological polar surface area (TPSA) is 77.1 Å². The van der Waals surface area contributed by atoms with Gasteiger partial charge in [0.1, 0.15) is 0 Å². The summed E-state index contributed by atoms with van der Waals surface area (Å²) >= 11 is 0. The molecule has 0 aliphatic carbocycles. The molecule has 1 aliphatic heterocycles. The van der Waals surface area contributed by atoms with Gasteiger partial charge in [0.2, 0.25) is 5.78 Å². The number of carbonyl (C=O) groups is 2. The highest BCUT2D eigenvalue weighted by molar-refractivity contribution is 6.44. The third-order valence-corrected chi connectivity index (χ3v) is 6.88. The lowest BCUT2D eigenvalue weighted by molar-refractivity contribution is -0.135. The average molecular weight is 583 g/mol. The van der Waals surface area contributed by atoms with Crippen molar-refractivity contribution in [3.8, 4) is 0 Å². The van der Waals surface area contributed by atoms with E-state index < -0.39 is 11.7 Å². The van der Waals surface area contributed by atoms with Gasteiger partial charge in [0, 0.05) is 38.0 Å². The summed E-state index contributed by atoms with van der Waals surface area (Å²) in [6.07, 6.45) is 16.7. The van der Waals surface area contributed by atoms with Crippen molar-refractivity contribution in [3.05, 3.63) is 83.4 Å². The number of carbonyl (C=O) groups excluding carboxylic acids is 2. The first-order chi connectivity index (χ1) is 20.0. The lowest BCUT2D eigenvalue weighted by Crippen LogP contribution is -2.37. The summed E-state index contributed by atoms with van der Waals surface area (Å²) in [5, 5.41) is 2.82. The summed E-state index contributed by atoms with van der Waals surface area (Å²) in [7, 11) is 1.58. The van der Waals surface area contributed by atoms with Crippen LogP contribution < -0.4 is 5.32 Å². The lowest BCUT2D eigenvalue weighted by Gasteiger charge is -2.26. The fourth-order valence-corrected chi connectivity index (χ4v) is 4.44. The Kier molecular flexibility index (Phi) is 17.6. The van der Waals surface area contributed by atoms with Crippen molar-refractivity contribution >= 4 is 11.7 Å². The normalized spacial score (nSPS) is 17.1. The van der Waals surface area contributed by atoms with Gasteiger partial charge in [-0.3, -0.25) is 14.5 Å². The largest absolute Gasteiger partial charge is 0.498 e. The quantitative estimate of drug-likeness (QED) is 0.0528. The number of ether oxygens (including phenoxy) is 3. The molecule has 1 fully saturated rings. The zero-order valence-corrected chi connectivity index (χ0v) is 27.3. The number of amides is 1. The molecule has 0 aromatic heterocycles. The van der Waals surface area contributed by atoms with E-state index in [1.54, 1.807) is 26.2 Å². The van der Waals surface area contributed by atoms with E-state index in [-0.39, 0.29) is 11.3 Å². The summed E-state index contributed by atoms with van der Waals surface area (Å²) in [6.45, 7) is 23.4. The minimum absolute atomic E-state index is 0.158. The Balaban J connectivity index is 3.08. The lowest BCUT2D eigenvalue weighted by atomic mass is 9.85. The maximum Gasteiger partial charge on any atom is 0.296 e. The average Bonchev–Trinajstić information content (AvgIpc) is 2.96. The maximum absolute atomic E-state index is 13.5. The molecular weight excluding hydrogens is 528 g/mol. The molecule has 7 heteroatoms. The first-order valence-electron chi connectivity index (χ1n) is 15.0. The van der Waals surface area contributed by atoms with E-state index in [4.69, 9.17) is 14.2 Å². The molecule has 1 amide bonds. The minimum Gasteiger partial charge on any atom is -0.498 e. The van der Waals surface area contributed by atoms with Crippen molar-refractivity contribution in [2.45, 2.75) is 61.3 Å². The second-order valence-corrected chi connectivity index (χ2v) is 11.2. The van der Waals surface area contributed by atoms with Crippen molar-refractivity contribution in [3.63, 3.8) is 0 Å². The molecule has 0 aromatic rings. The van der Waals surface area contributed by atoms with Crippen molar-refractivity contribution in [1.82, 2.24) is 10.2 Å². The van der Waals surface area contributed by atoms with E-state index >= 15 is 0 Å². The second-order valence-electron chi connectivity index (χ2n) is 11.2. The molecular formula is C35H54N2O5. The van der Waals surface area contributed by atoms with Crippen LogP contribution >= 0.6 is 0 Å². The number of nitrogens with one attached hydrogen (secondary N) is 1. The number of ketones is 1. The van der Waals surface area contributed by atoms with Gasteiger partial charge in [0.15, 0.2) is 0 Å². The Labute approximate surface area is 254 Å². The molecule has 1 heterocycles. The van der Waals surface area contributed by atoms with E-state index in [2.05, 4.69) is 37.6 Å². The number of rotatable bonds is 17. The molecule has 1 saturated heterocycles. The van der Waals surface area contributed by atoms with Gasteiger partial charge in [-0.1, -0.05) is 70.7 Å². The van der Waals surface area contributed by atoms with Crippen molar-refractivity contribution in [2.75, 3.05) is 53.2 Å². The van der Waals surface area contributed by atoms with Gasteiger partial charge < -0.3 is 19.5 Å². The Bertz CT molecular complexity index is 1060. The summed E-state index contributed by atoms with van der Waals surface area (Å²) in [6, 6.07) is 0. The number of methoxy groups -OCH3 is 1. The number of morpholine rings is 1. The van der Waals surface area contributed by atoms with E-state index in [1.807, 2.05) is 57.2 Å². The first-order valence-corrected chi connectivity index (χ1v) is 15.0. The van der Waals surface area contributed by atoms with Crippen LogP contribution in [0.5, 0.6) is 0 Å². The molecule has 1 N–H and O–H groups in total. The number of hydrogen-bond donors (Lipinski definition) is 1. The van der Waals surface area contributed by atoms with Crippen molar-refractivity contribution < 1.29 is 23.8 Å². The SMILES string of the molecule is C=C(OCCCN1CCOCC1)C(C=C(CC)/C(=C\C)C(=O)C(=O)NC(=CCOC)/C=C(\C=C/C)C(C)(C)C)/C=C\C. The van der Waals surface area contributed by atoms with Crippen LogP contribution in [-0.2, 0) is 23.8 Å². The Morgan fingerprint density at radius 2 is 1.81 bits per heavy atom. The van der Waals surface area contributed by atoms with Crippen molar-refractivity contribution in [2.24, 2.45) is 11.3 Å². The van der Waals surface area contributed by atoms with Crippen molar-refractivity contribution in [1.29, 1.82) is 0 Å². The first kappa shape index (κ1) is 37.0. The molecule has 1 unspecified atom stereocenters. The molecule has 42 heavy (non-hydrogen) atoms. The highest BCUT2D eigenvalue weighted by Gasteiger charge is 2.23. The van der Waals surface area contributed by atoms with Gasteiger partial charge in [-0.05, 0) is 62.3 Å². The van der Waals surface area contributed by atoms with Crippen LogP contribution in [0.4, 0.5) is 0 Å². The van der Waals surface area contributed by atoms with E-state index in [1.165, 1.54) is 0 Å². The molecule has 0 spiro atoms. The standard InChI is InChI=1S/C35H54N2O5/c1-10-15-29(27(5)42-21-14-18-37-19-23-41-24-20-37)25-28(12-3)32(13-4)33(38)34(39)36-31(17-22-40-9)26-30(16-11-2)35(6,7)8/h10-11,13,15-17,25-26,29H,5,12,14,18-24H2,1-4,6-9H3,(H,36,39)/b15-10-,16-11-,28-25?,30-26+,31-17?,32-13+. The number of hydrogen-bond acceptors (Lipinski definition) is 6. The predicted octanol–water partition coefficient (Wildman–Crippen LogP) is 6.48. The van der Waals surface area contributed by atoms with E-state index in [9.17, 15) is 9.59 Å². The van der Waals surface area contributed by atoms with Crippen LogP contribution in [0, 0.1) is 11.3 Å². The fraction of sp³-hybridized carbons (Fsp3) is 0.543. The predicted molar refractivity (Wildman–Crippen MR) is 173 cm³/mol. The van der Waals surface area contributed by atoms with Gasteiger partial charge in [-0.15, -0.1) is 0 Å². The van der Waals surface area contributed by atoms with Crippen LogP contribution in [-0.4, -0.2) is 69.8 Å². The van der Waals surface area contributed by atoms with Crippen LogP contribution in [0.2, 0.25) is 0 Å². The molecule has 234 valence electrons. The summed E-state index contributed by atoms with van der Waals surface area (Å²) in [5.41, 5.74) is 2.50. The molecule has 0 bridgehead atoms. The van der Waals surface area contributed by atoms with E-state index in [0.29, 0.717) is 36.7 Å². The van der Waals surface area contributed by atoms with Crippen LogP contribution in [0.25, 0.3) is 0 Å². The Morgan fingerprint density at radius 1 is 1.12 bits per heavy atom. The second kappa shape index (κ2) is 20.0. The maximum atomic E-state index is 13.5. The number of Topliss-reactive ketones (excluding diaryl/α,β-unsaturated/α-hetero) is 1. The summed E-state index contributed by atoms with van der Waals surface area (Å²) < 4.78 is 16.6. The van der Waals surface area contributed by atoms with E-state index in [0.717, 1.165) is 50.4 Å². The number of nitrogens with zero attached hydrogens (tertiary/aromatic N) is 1. The van der Waals surface area contributed by atoms with Gasteiger partial charge in [0.25, 0.3) is 5.91 Å². The van der Waals surface area contributed by atoms with Gasteiger partial charge in [-0.2, -0.15) is 0 Å². The zero-order chi connectivity index (χ0) is 31.5. The Morgan fingerprint density at radius 3 is 2.36 bits per heavy atom. The van der Waals surface area contributed by atoms with Crippen LogP contribution in [0.3, 0.4) is 0 Å². The van der Waals surface area contributed by atoms with Gasteiger partial charge in [0.05, 0.1) is 38.1 Å². The zero-order valence-electron chi connectivity index (χ0n) is 27.3. The third-order valence-electron chi connectivity index (χ3n) is 6.88. The Hall–Kier alpha value is -3.00. The summed E-state index contributed by atoms with van der Waals surface area (Å²) in [4.78, 5) is 29.1. The van der Waals surface area contributed by atoms with Crippen LogP contribution in [0.15, 0.2) is 83.4 Å². The summed E-state index contributed by atoms with van der Waals surface area (Å²) in [5.74, 6) is -0.908.